The van der Waals surface area contributed by atoms with E-state index in [0.29, 0.717) is 92.4 Å². The van der Waals surface area contributed by atoms with Crippen LogP contribution in [0.2, 0.25) is 0 Å². The highest BCUT2D eigenvalue weighted by Crippen LogP contribution is 2.41. The molecule has 1 saturated carbocycles. The predicted molar refractivity (Wildman–Crippen MR) is 204 cm³/mol. The van der Waals surface area contributed by atoms with Gasteiger partial charge in [0.25, 0.3) is 11.5 Å². The van der Waals surface area contributed by atoms with Crippen LogP contribution in [0.4, 0.5) is 36.2 Å². The zero-order chi connectivity index (χ0) is 39.8. The van der Waals surface area contributed by atoms with Gasteiger partial charge in [0.1, 0.15) is 12.2 Å². The van der Waals surface area contributed by atoms with Gasteiger partial charge in [0.15, 0.2) is 0 Å². The summed E-state index contributed by atoms with van der Waals surface area (Å²) in [7, 11) is -3.61. The number of anilines is 4. The Bertz CT molecular complexity index is 2450. The molecule has 0 bridgehead atoms. The number of ether oxygens (including phenoxy) is 1. The van der Waals surface area contributed by atoms with Gasteiger partial charge in [0.2, 0.25) is 27.7 Å². The molecule has 0 radical (unpaired) electrons. The Balaban J connectivity index is 1.02. The first-order valence-electron chi connectivity index (χ1n) is 19.3. The molecular weight excluding hydrogens is 768 g/mol. The average molecular weight is 810 g/mol. The number of halogens is 3. The van der Waals surface area contributed by atoms with Crippen LogP contribution in [0.5, 0.6) is 0 Å². The van der Waals surface area contributed by atoms with Crippen molar-refractivity contribution in [3.63, 3.8) is 0 Å². The molecule has 2 aromatic heterocycles. The fourth-order valence-electron chi connectivity index (χ4n) is 8.63. The van der Waals surface area contributed by atoms with Crippen LogP contribution >= 0.6 is 0 Å². The molecule has 9 rings (SSSR count). The number of para-hydroxylation sites is 1. The summed E-state index contributed by atoms with van der Waals surface area (Å²) < 4.78 is 77.4. The number of fused-ring (bicyclic) bond motifs is 3. The SMILES string of the molecule is CCc1c(N2CCN(C(=O)c3ccccc3NS(=O)(=O)C3CC3)CC2)c(=O)n2nc(N3C[C@H]4COC[C@H]4C3)nc2n1CC(=O)Nc1ccc(C(F)(F)F)c2c1CC2. The lowest BCUT2D eigenvalue weighted by atomic mass is 9.83. The van der Waals surface area contributed by atoms with E-state index in [1.165, 1.54) is 10.6 Å². The van der Waals surface area contributed by atoms with E-state index >= 15 is 0 Å². The van der Waals surface area contributed by atoms with Crippen LogP contribution in [0.1, 0.15) is 52.5 Å². The van der Waals surface area contributed by atoms with Crippen LogP contribution in [0, 0.1) is 11.8 Å². The molecule has 3 aliphatic heterocycles. The molecule has 2 amide bonds. The molecule has 4 aromatic rings. The summed E-state index contributed by atoms with van der Waals surface area (Å²) in [4.78, 5) is 52.4. The molecular formula is C38H42F3N9O6S. The van der Waals surface area contributed by atoms with Crippen LogP contribution in [0.25, 0.3) is 5.78 Å². The number of sulfonamides is 1. The minimum Gasteiger partial charge on any atom is -0.381 e. The van der Waals surface area contributed by atoms with Gasteiger partial charge < -0.3 is 29.3 Å². The van der Waals surface area contributed by atoms with Crippen molar-refractivity contribution in [1.82, 2.24) is 24.1 Å². The summed E-state index contributed by atoms with van der Waals surface area (Å²) in [5.41, 5.74) is 1.13. The Hall–Kier alpha value is -5.17. The second-order valence-corrected chi connectivity index (χ2v) is 17.4. The topological polar surface area (TPSA) is 163 Å². The normalized spacial score (nSPS) is 20.7. The van der Waals surface area contributed by atoms with Gasteiger partial charge in [0.05, 0.1) is 41.0 Å². The van der Waals surface area contributed by atoms with Gasteiger partial charge in [-0.15, -0.1) is 5.10 Å². The minimum absolute atomic E-state index is 0.165. The molecule has 2 atom stereocenters. The second kappa shape index (κ2) is 14.0. The highest BCUT2D eigenvalue weighted by atomic mass is 32.2. The third-order valence-electron chi connectivity index (χ3n) is 11.9. The van der Waals surface area contributed by atoms with Crippen molar-refractivity contribution < 1.29 is 35.9 Å². The molecule has 3 saturated heterocycles. The molecule has 57 heavy (non-hydrogen) atoms. The number of alkyl halides is 3. The second-order valence-electron chi connectivity index (χ2n) is 15.5. The highest BCUT2D eigenvalue weighted by Gasteiger charge is 2.40. The number of rotatable bonds is 10. The molecule has 15 nitrogen and oxygen atoms in total. The molecule has 5 heterocycles. The summed E-state index contributed by atoms with van der Waals surface area (Å²) in [5.74, 6) is 0.301. The predicted octanol–water partition coefficient (Wildman–Crippen LogP) is 3.16. The standard InChI is InChI=1S/C38H42F3N9O6S/c1-2-31-33(46-13-15-47(16-14-46)34(52)27-5-3-4-6-30(27)45-57(54,55)24-7-8-24)35(53)50-37(43-36(44-50)48-17-22-20-56-21-23(22)18-48)49(31)19-32(51)42-29-12-11-28(38(39,40)41)25-9-10-26(25)29/h3-6,11-12,22-24,45H,2,7-10,13-21H2,1H3,(H,42,51)/t22-,23+. The number of piperazine rings is 1. The number of aromatic nitrogens is 4. The van der Waals surface area contributed by atoms with Crippen LogP contribution in [-0.2, 0) is 51.5 Å². The number of hydrogen-bond donors (Lipinski definition) is 2. The zero-order valence-corrected chi connectivity index (χ0v) is 32.0. The van der Waals surface area contributed by atoms with Gasteiger partial charge in [0, 0.05) is 56.8 Å². The number of carbonyl (C=O) groups is 2. The molecule has 2 aromatic carbocycles. The Morgan fingerprint density at radius 2 is 1.63 bits per heavy atom. The van der Waals surface area contributed by atoms with Gasteiger partial charge in [-0.25, -0.2) is 8.42 Å². The van der Waals surface area contributed by atoms with Gasteiger partial charge in [-0.05, 0) is 67.5 Å². The lowest BCUT2D eigenvalue weighted by Gasteiger charge is -2.37. The molecule has 19 heteroatoms. The van der Waals surface area contributed by atoms with E-state index in [-0.39, 0.29) is 67.6 Å². The van der Waals surface area contributed by atoms with Crippen molar-refractivity contribution in [1.29, 1.82) is 0 Å². The number of carbonyl (C=O) groups excluding carboxylic acids is 2. The first kappa shape index (κ1) is 37.4. The summed E-state index contributed by atoms with van der Waals surface area (Å²) in [6, 6.07) is 8.79. The van der Waals surface area contributed by atoms with Crippen LogP contribution in [-0.4, -0.2) is 102 Å². The van der Waals surface area contributed by atoms with Crippen molar-refractivity contribution in [2.24, 2.45) is 11.8 Å². The van der Waals surface area contributed by atoms with Crippen molar-refractivity contribution in [2.45, 2.75) is 57.0 Å². The largest absolute Gasteiger partial charge is 0.416 e. The quantitative estimate of drug-likeness (QED) is 0.244. The van der Waals surface area contributed by atoms with Gasteiger partial charge in [-0.1, -0.05) is 19.1 Å². The Morgan fingerprint density at radius 1 is 0.930 bits per heavy atom. The van der Waals surface area contributed by atoms with E-state index in [9.17, 15) is 36.0 Å². The summed E-state index contributed by atoms with van der Waals surface area (Å²) in [5, 5.41) is 7.04. The maximum atomic E-state index is 14.5. The van der Waals surface area contributed by atoms with Crippen LogP contribution in [0.15, 0.2) is 41.2 Å². The van der Waals surface area contributed by atoms with Gasteiger partial charge in [-0.2, -0.15) is 22.7 Å². The molecule has 5 aliphatic rings. The lowest BCUT2D eigenvalue weighted by molar-refractivity contribution is -0.138. The summed E-state index contributed by atoms with van der Waals surface area (Å²) in [6.45, 7) is 5.12. The van der Waals surface area contributed by atoms with Gasteiger partial charge >= 0.3 is 6.18 Å². The third-order valence-corrected chi connectivity index (χ3v) is 13.7. The molecule has 2 aliphatic carbocycles. The molecule has 302 valence electrons. The third kappa shape index (κ3) is 6.77. The Labute approximate surface area is 325 Å². The van der Waals surface area contributed by atoms with Crippen molar-refractivity contribution in [3.8, 4) is 0 Å². The minimum atomic E-state index is -4.49. The summed E-state index contributed by atoms with van der Waals surface area (Å²) in [6.07, 6.45) is -2.33. The van der Waals surface area contributed by atoms with Crippen LogP contribution < -0.4 is 25.4 Å². The molecule has 0 unspecified atom stereocenters. The van der Waals surface area contributed by atoms with E-state index in [1.807, 2.05) is 16.7 Å². The fourth-order valence-corrected chi connectivity index (χ4v) is 10.0. The fraction of sp³-hybridized carbons (Fsp3) is 0.500. The van der Waals surface area contributed by atoms with E-state index < -0.39 is 38.5 Å². The smallest absolute Gasteiger partial charge is 0.381 e. The van der Waals surface area contributed by atoms with Crippen molar-refractivity contribution in [3.05, 3.63) is 74.7 Å². The summed E-state index contributed by atoms with van der Waals surface area (Å²) >= 11 is 0. The molecule has 0 spiro atoms. The van der Waals surface area contributed by atoms with Crippen molar-refractivity contribution in [2.75, 3.05) is 72.3 Å². The lowest BCUT2D eigenvalue weighted by Crippen LogP contribution is -2.51. The number of nitrogens with one attached hydrogen (secondary N) is 2. The van der Waals surface area contributed by atoms with Crippen molar-refractivity contribution >= 4 is 50.6 Å². The maximum absolute atomic E-state index is 14.5. The zero-order valence-electron chi connectivity index (χ0n) is 31.2. The Morgan fingerprint density at radius 3 is 2.28 bits per heavy atom. The van der Waals surface area contributed by atoms with E-state index in [2.05, 4.69) is 15.1 Å². The molecule has 2 N–H and O–H groups in total. The number of amides is 2. The van der Waals surface area contributed by atoms with E-state index in [1.54, 1.807) is 33.7 Å². The Kier molecular flexibility index (Phi) is 9.21. The van der Waals surface area contributed by atoms with Crippen LogP contribution in [0.3, 0.4) is 0 Å². The number of nitrogens with zero attached hydrogens (tertiary/aromatic N) is 7. The first-order valence-corrected chi connectivity index (χ1v) is 20.9. The van der Waals surface area contributed by atoms with E-state index in [0.717, 1.165) is 6.07 Å². The maximum Gasteiger partial charge on any atom is 0.416 e. The van der Waals surface area contributed by atoms with E-state index in [4.69, 9.17) is 9.72 Å². The molecule has 4 fully saturated rings. The monoisotopic (exact) mass is 809 g/mol. The average Bonchev–Trinajstić information content (AvgIpc) is 3.60. The number of benzene rings is 2. The number of hydrogen-bond acceptors (Lipinski definition) is 10. The first-order chi connectivity index (χ1) is 27.3. The highest BCUT2D eigenvalue weighted by molar-refractivity contribution is 7.93. The van der Waals surface area contributed by atoms with Gasteiger partial charge in [-0.3, -0.25) is 19.1 Å².